The Morgan fingerprint density at radius 3 is 2.72 bits per heavy atom. The van der Waals surface area contributed by atoms with Gasteiger partial charge in [0.1, 0.15) is 11.6 Å². The van der Waals surface area contributed by atoms with E-state index in [0.29, 0.717) is 0 Å². The third kappa shape index (κ3) is 1.76. The number of benzene rings is 1. The average molecular weight is 239 g/mol. The van der Waals surface area contributed by atoms with E-state index in [2.05, 4.69) is 0 Å². The number of carbonyl (C=O) groups excluding carboxylic acids is 1. The molecule has 4 nitrogen and oxygen atoms in total. The number of rotatable bonds is 2. The second-order valence-corrected chi connectivity index (χ2v) is 4.11. The van der Waals surface area contributed by atoms with Gasteiger partial charge < -0.3 is 10.3 Å². The highest BCUT2D eigenvalue weighted by Crippen LogP contribution is 2.26. The van der Waals surface area contributed by atoms with Gasteiger partial charge in [-0.2, -0.15) is 5.26 Å². The van der Waals surface area contributed by atoms with Crippen molar-refractivity contribution in [2.45, 2.75) is 6.92 Å². The predicted octanol–water partition coefficient (Wildman–Crippen LogP) is 1.88. The molecule has 1 amide bonds. The summed E-state index contributed by atoms with van der Waals surface area (Å²) in [5, 5.41) is 9.91. The second-order valence-electron chi connectivity index (χ2n) is 4.11. The summed E-state index contributed by atoms with van der Waals surface area (Å²) in [4.78, 5) is 11.1. The largest absolute Gasteiger partial charge is 0.365 e. The standard InChI is InChI=1S/C14H13N3O/c1-9-12(7-10(8-15)14(16)18)11-5-3-4-6-13(11)17(9)2/h3-7H,1-2H3,(H2,16,18)/b10-7+. The van der Waals surface area contributed by atoms with Crippen LogP contribution >= 0.6 is 0 Å². The Morgan fingerprint density at radius 1 is 1.44 bits per heavy atom. The lowest BCUT2D eigenvalue weighted by molar-refractivity contribution is -0.114. The number of amides is 1. The summed E-state index contributed by atoms with van der Waals surface area (Å²) >= 11 is 0. The van der Waals surface area contributed by atoms with E-state index >= 15 is 0 Å². The van der Waals surface area contributed by atoms with E-state index in [0.717, 1.165) is 22.2 Å². The number of hydrogen-bond acceptors (Lipinski definition) is 2. The lowest BCUT2D eigenvalue weighted by atomic mass is 10.1. The summed E-state index contributed by atoms with van der Waals surface area (Å²) < 4.78 is 2.02. The zero-order chi connectivity index (χ0) is 13.3. The molecule has 0 aliphatic carbocycles. The highest BCUT2D eigenvalue weighted by atomic mass is 16.1. The number of hydrogen-bond donors (Lipinski definition) is 1. The number of aryl methyl sites for hydroxylation is 1. The van der Waals surface area contributed by atoms with E-state index in [4.69, 9.17) is 11.0 Å². The summed E-state index contributed by atoms with van der Waals surface area (Å²) in [6.07, 6.45) is 1.56. The zero-order valence-corrected chi connectivity index (χ0v) is 10.3. The van der Waals surface area contributed by atoms with Gasteiger partial charge in [0, 0.05) is 29.2 Å². The zero-order valence-electron chi connectivity index (χ0n) is 10.3. The Morgan fingerprint density at radius 2 is 2.11 bits per heavy atom. The van der Waals surface area contributed by atoms with Crippen molar-refractivity contribution in [3.63, 3.8) is 0 Å². The third-order valence-electron chi connectivity index (χ3n) is 3.12. The molecule has 0 unspecified atom stereocenters. The van der Waals surface area contributed by atoms with Crippen LogP contribution < -0.4 is 5.73 Å². The molecular formula is C14H13N3O. The first-order valence-corrected chi connectivity index (χ1v) is 5.52. The Bertz CT molecular complexity index is 702. The lowest BCUT2D eigenvalue weighted by Gasteiger charge is -1.98. The van der Waals surface area contributed by atoms with Crippen LogP contribution in [-0.4, -0.2) is 10.5 Å². The van der Waals surface area contributed by atoms with Gasteiger partial charge in [0.15, 0.2) is 0 Å². The number of aromatic nitrogens is 1. The number of nitrogens with two attached hydrogens (primary N) is 1. The van der Waals surface area contributed by atoms with E-state index in [9.17, 15) is 4.79 Å². The summed E-state index contributed by atoms with van der Waals surface area (Å²) in [5.41, 5.74) is 8.04. The minimum Gasteiger partial charge on any atom is -0.365 e. The molecule has 0 aliphatic rings. The van der Waals surface area contributed by atoms with Gasteiger partial charge in [0.05, 0.1) is 0 Å². The molecule has 1 aromatic carbocycles. The fourth-order valence-electron chi connectivity index (χ4n) is 2.04. The normalized spacial score (nSPS) is 11.5. The highest BCUT2D eigenvalue weighted by molar-refractivity contribution is 6.03. The van der Waals surface area contributed by atoms with Gasteiger partial charge in [-0.15, -0.1) is 0 Å². The second kappa shape index (κ2) is 4.38. The topological polar surface area (TPSA) is 71.8 Å². The van der Waals surface area contributed by atoms with Crippen molar-refractivity contribution in [2.24, 2.45) is 12.8 Å². The third-order valence-corrected chi connectivity index (χ3v) is 3.12. The SMILES string of the molecule is Cc1c(/C=C(\C#N)C(N)=O)c2ccccc2n1C. The molecule has 2 N–H and O–H groups in total. The van der Waals surface area contributed by atoms with Crippen LogP contribution in [0.1, 0.15) is 11.3 Å². The van der Waals surface area contributed by atoms with Crippen molar-refractivity contribution in [1.82, 2.24) is 4.57 Å². The smallest absolute Gasteiger partial charge is 0.259 e. The van der Waals surface area contributed by atoms with Gasteiger partial charge >= 0.3 is 0 Å². The average Bonchev–Trinajstić information content (AvgIpc) is 2.60. The minimum atomic E-state index is -0.704. The molecule has 0 atom stereocenters. The lowest BCUT2D eigenvalue weighted by Crippen LogP contribution is -2.12. The monoisotopic (exact) mass is 239 g/mol. The fraction of sp³-hybridized carbons (Fsp3) is 0.143. The molecule has 90 valence electrons. The van der Waals surface area contributed by atoms with Gasteiger partial charge in [0.25, 0.3) is 5.91 Å². The quantitative estimate of drug-likeness (QED) is 0.642. The molecule has 1 aromatic heterocycles. The maximum Gasteiger partial charge on any atom is 0.259 e. The van der Waals surface area contributed by atoms with E-state index in [1.165, 1.54) is 0 Å². The highest BCUT2D eigenvalue weighted by Gasteiger charge is 2.12. The molecule has 0 saturated heterocycles. The van der Waals surface area contributed by atoms with Crippen LogP contribution in [0.4, 0.5) is 0 Å². The van der Waals surface area contributed by atoms with Gasteiger partial charge in [0.2, 0.25) is 0 Å². The molecule has 0 bridgehead atoms. The van der Waals surface area contributed by atoms with Crippen LogP contribution in [0.3, 0.4) is 0 Å². The summed E-state index contributed by atoms with van der Waals surface area (Å²) in [6.45, 7) is 1.95. The maximum atomic E-state index is 11.1. The van der Waals surface area contributed by atoms with Crippen molar-refractivity contribution in [3.8, 4) is 6.07 Å². The minimum absolute atomic E-state index is 0.0329. The van der Waals surface area contributed by atoms with Crippen LogP contribution in [0.25, 0.3) is 17.0 Å². The van der Waals surface area contributed by atoms with Gasteiger partial charge in [-0.05, 0) is 19.1 Å². The Balaban J connectivity index is 2.77. The van der Waals surface area contributed by atoms with Crippen LogP contribution in [-0.2, 0) is 11.8 Å². The van der Waals surface area contributed by atoms with E-state index < -0.39 is 5.91 Å². The van der Waals surface area contributed by atoms with Crippen molar-refractivity contribution in [2.75, 3.05) is 0 Å². The molecule has 2 aromatic rings. The van der Waals surface area contributed by atoms with Crippen molar-refractivity contribution in [1.29, 1.82) is 5.26 Å². The number of fused-ring (bicyclic) bond motifs is 1. The van der Waals surface area contributed by atoms with Crippen molar-refractivity contribution < 1.29 is 4.79 Å². The van der Waals surface area contributed by atoms with Crippen molar-refractivity contribution >= 4 is 22.9 Å². The first-order chi connectivity index (χ1) is 8.56. The van der Waals surface area contributed by atoms with Gasteiger partial charge in [-0.1, -0.05) is 18.2 Å². The first-order valence-electron chi connectivity index (χ1n) is 5.52. The molecule has 4 heteroatoms. The fourth-order valence-corrected chi connectivity index (χ4v) is 2.04. The Hall–Kier alpha value is -2.54. The number of nitriles is 1. The molecule has 0 saturated carbocycles. The Kier molecular flexibility index (Phi) is 2.90. The molecule has 0 aliphatic heterocycles. The summed E-state index contributed by atoms with van der Waals surface area (Å²) in [7, 11) is 1.95. The Labute approximate surface area is 105 Å². The number of primary amides is 1. The molecule has 0 fully saturated rings. The van der Waals surface area contributed by atoms with E-state index in [1.54, 1.807) is 6.08 Å². The first kappa shape index (κ1) is 11.9. The maximum absolute atomic E-state index is 11.1. The van der Waals surface area contributed by atoms with Gasteiger partial charge in [-0.3, -0.25) is 4.79 Å². The molecule has 2 rings (SSSR count). The molecular weight excluding hydrogens is 226 g/mol. The number of carbonyl (C=O) groups is 1. The van der Waals surface area contributed by atoms with Crippen LogP contribution in [0.15, 0.2) is 29.8 Å². The van der Waals surface area contributed by atoms with Crippen LogP contribution in [0, 0.1) is 18.3 Å². The number of para-hydroxylation sites is 1. The van der Waals surface area contributed by atoms with Gasteiger partial charge in [-0.25, -0.2) is 0 Å². The molecule has 1 heterocycles. The van der Waals surface area contributed by atoms with E-state index in [-0.39, 0.29) is 5.57 Å². The molecule has 0 spiro atoms. The molecule has 0 radical (unpaired) electrons. The van der Waals surface area contributed by atoms with Crippen LogP contribution in [0.5, 0.6) is 0 Å². The summed E-state index contributed by atoms with van der Waals surface area (Å²) in [5.74, 6) is -0.704. The van der Waals surface area contributed by atoms with E-state index in [1.807, 2.05) is 48.9 Å². The number of nitrogens with zero attached hydrogens (tertiary/aromatic N) is 2. The predicted molar refractivity (Wildman–Crippen MR) is 70.4 cm³/mol. The molecule has 18 heavy (non-hydrogen) atoms. The van der Waals surface area contributed by atoms with Crippen molar-refractivity contribution in [3.05, 3.63) is 41.1 Å². The summed E-state index contributed by atoms with van der Waals surface area (Å²) in [6, 6.07) is 9.67. The van der Waals surface area contributed by atoms with Crippen LogP contribution in [0.2, 0.25) is 0 Å².